The number of rotatable bonds is 8. The zero-order valence-corrected chi connectivity index (χ0v) is 18.2. The molecule has 0 aliphatic heterocycles. The highest BCUT2D eigenvalue weighted by molar-refractivity contribution is 9.10. The van der Waals surface area contributed by atoms with E-state index in [9.17, 15) is 17.6 Å². The molecule has 6 nitrogen and oxygen atoms in total. The van der Waals surface area contributed by atoms with Crippen LogP contribution in [0, 0.1) is 18.7 Å². The Bertz CT molecular complexity index is 964. The Labute approximate surface area is 172 Å². The van der Waals surface area contributed by atoms with E-state index in [2.05, 4.69) is 26.0 Å². The van der Waals surface area contributed by atoms with Crippen LogP contribution in [-0.2, 0) is 14.8 Å². The van der Waals surface area contributed by atoms with Gasteiger partial charge in [-0.1, -0.05) is 29.8 Å². The molecule has 2 N–H and O–H groups in total. The molecular weight excluding hydrogens is 451 g/mol. The van der Waals surface area contributed by atoms with E-state index < -0.39 is 21.7 Å². The Hall–Kier alpha value is -1.97. The van der Waals surface area contributed by atoms with Crippen LogP contribution in [0.3, 0.4) is 0 Å². The Morgan fingerprint density at radius 1 is 1.21 bits per heavy atom. The predicted molar refractivity (Wildman–Crippen MR) is 109 cm³/mol. The summed E-state index contributed by atoms with van der Waals surface area (Å²) in [4.78, 5) is 12.1. The molecule has 0 spiro atoms. The van der Waals surface area contributed by atoms with Gasteiger partial charge in [0, 0.05) is 11.0 Å². The fourth-order valence-corrected chi connectivity index (χ4v) is 3.86. The lowest BCUT2D eigenvalue weighted by atomic mass is 10.2. The number of carbonyl (C=O) groups excluding carboxylic acids is 1. The van der Waals surface area contributed by atoms with Crippen molar-refractivity contribution in [2.24, 2.45) is 5.92 Å². The van der Waals surface area contributed by atoms with Crippen molar-refractivity contribution in [2.75, 3.05) is 18.5 Å². The van der Waals surface area contributed by atoms with Gasteiger partial charge in [-0.25, -0.2) is 17.5 Å². The third-order valence-electron chi connectivity index (χ3n) is 3.70. The van der Waals surface area contributed by atoms with Gasteiger partial charge in [-0.3, -0.25) is 4.79 Å². The molecule has 0 aromatic heterocycles. The summed E-state index contributed by atoms with van der Waals surface area (Å²) in [6.07, 6.45) is 0. The summed E-state index contributed by atoms with van der Waals surface area (Å²) in [5, 5.41) is 2.42. The highest BCUT2D eigenvalue weighted by Gasteiger charge is 2.16. The molecule has 0 aliphatic carbocycles. The lowest BCUT2D eigenvalue weighted by Gasteiger charge is -2.13. The maximum Gasteiger partial charge on any atom is 0.262 e. The molecule has 0 bridgehead atoms. The van der Waals surface area contributed by atoms with Gasteiger partial charge in [0.25, 0.3) is 5.91 Å². The second-order valence-electron chi connectivity index (χ2n) is 6.63. The van der Waals surface area contributed by atoms with Gasteiger partial charge in [0.15, 0.2) is 6.61 Å². The summed E-state index contributed by atoms with van der Waals surface area (Å²) >= 11 is 3.14. The highest BCUT2D eigenvalue weighted by Crippen LogP contribution is 2.22. The van der Waals surface area contributed by atoms with Gasteiger partial charge in [-0.2, -0.15) is 0 Å². The first-order valence-corrected chi connectivity index (χ1v) is 10.8. The number of ether oxygens (including phenoxy) is 1. The number of carbonyl (C=O) groups is 1. The van der Waals surface area contributed by atoms with Crippen molar-refractivity contribution in [1.82, 2.24) is 4.72 Å². The lowest BCUT2D eigenvalue weighted by Crippen LogP contribution is -2.27. The molecule has 0 heterocycles. The van der Waals surface area contributed by atoms with Crippen LogP contribution in [0.1, 0.15) is 19.4 Å². The van der Waals surface area contributed by atoms with Crippen LogP contribution >= 0.6 is 15.9 Å². The minimum Gasteiger partial charge on any atom is -0.483 e. The van der Waals surface area contributed by atoms with Crippen LogP contribution < -0.4 is 14.8 Å². The fraction of sp³-hybridized carbons (Fsp3) is 0.316. The van der Waals surface area contributed by atoms with Crippen LogP contribution in [0.4, 0.5) is 10.1 Å². The number of aryl methyl sites for hydroxylation is 1. The van der Waals surface area contributed by atoms with Gasteiger partial charge >= 0.3 is 0 Å². The molecule has 152 valence electrons. The van der Waals surface area contributed by atoms with Gasteiger partial charge in [0.1, 0.15) is 11.6 Å². The second-order valence-corrected chi connectivity index (χ2v) is 9.32. The Balaban J connectivity index is 2.00. The van der Waals surface area contributed by atoms with E-state index in [1.165, 1.54) is 30.3 Å². The molecule has 0 fully saturated rings. The molecule has 0 saturated carbocycles. The largest absolute Gasteiger partial charge is 0.483 e. The average Bonchev–Trinajstić information content (AvgIpc) is 2.61. The van der Waals surface area contributed by atoms with E-state index in [-0.39, 0.29) is 23.1 Å². The minimum absolute atomic E-state index is 0.0474. The standard InChI is InChI=1S/C19H22BrFN2O4S/c1-12(2)10-22-28(25,26)15-5-7-18(13(3)8-15)27-11-19(24)23-17-6-4-14(20)9-16(17)21/h4-9,12,22H,10-11H2,1-3H3,(H,23,24). The van der Waals surface area contributed by atoms with Crippen molar-refractivity contribution in [3.05, 3.63) is 52.3 Å². The molecule has 0 aliphatic rings. The summed E-state index contributed by atoms with van der Waals surface area (Å²) < 4.78 is 46.8. The number of sulfonamides is 1. The van der Waals surface area contributed by atoms with Gasteiger partial charge in [0.2, 0.25) is 10.0 Å². The summed E-state index contributed by atoms with van der Waals surface area (Å²) in [6.45, 7) is 5.51. The lowest BCUT2D eigenvalue weighted by molar-refractivity contribution is -0.118. The van der Waals surface area contributed by atoms with Gasteiger partial charge in [0.05, 0.1) is 10.6 Å². The van der Waals surface area contributed by atoms with Crippen molar-refractivity contribution in [2.45, 2.75) is 25.7 Å². The number of hydrogen-bond donors (Lipinski definition) is 2. The average molecular weight is 473 g/mol. The number of benzene rings is 2. The van der Waals surface area contributed by atoms with Crippen molar-refractivity contribution < 1.29 is 22.3 Å². The molecule has 0 atom stereocenters. The van der Waals surface area contributed by atoms with Crippen LogP contribution in [0.15, 0.2) is 45.8 Å². The zero-order valence-electron chi connectivity index (χ0n) is 15.8. The smallest absolute Gasteiger partial charge is 0.262 e. The van der Waals surface area contributed by atoms with Crippen LogP contribution in [-0.4, -0.2) is 27.5 Å². The highest BCUT2D eigenvalue weighted by atomic mass is 79.9. The molecule has 28 heavy (non-hydrogen) atoms. The summed E-state index contributed by atoms with van der Waals surface area (Å²) in [7, 11) is -3.61. The number of amides is 1. The molecule has 1 amide bonds. The SMILES string of the molecule is Cc1cc(S(=O)(=O)NCC(C)C)ccc1OCC(=O)Nc1ccc(Br)cc1F. The zero-order chi connectivity index (χ0) is 20.9. The van der Waals surface area contributed by atoms with E-state index in [4.69, 9.17) is 4.74 Å². The molecule has 2 rings (SSSR count). The Morgan fingerprint density at radius 3 is 2.54 bits per heavy atom. The molecule has 9 heteroatoms. The van der Waals surface area contributed by atoms with Gasteiger partial charge in [-0.15, -0.1) is 0 Å². The van der Waals surface area contributed by atoms with E-state index in [0.29, 0.717) is 22.3 Å². The summed E-state index contributed by atoms with van der Waals surface area (Å²) in [5.41, 5.74) is 0.612. The maximum absolute atomic E-state index is 13.8. The Kier molecular flexibility index (Phi) is 7.56. The number of halogens is 2. The van der Waals surface area contributed by atoms with Crippen molar-refractivity contribution in [3.8, 4) is 5.75 Å². The van der Waals surface area contributed by atoms with E-state index in [1.807, 2.05) is 13.8 Å². The van der Waals surface area contributed by atoms with Gasteiger partial charge in [-0.05, 0) is 54.8 Å². The topological polar surface area (TPSA) is 84.5 Å². The third kappa shape index (κ3) is 6.29. The first-order valence-electron chi connectivity index (χ1n) is 8.56. The van der Waals surface area contributed by atoms with E-state index >= 15 is 0 Å². The van der Waals surface area contributed by atoms with E-state index in [0.717, 1.165) is 0 Å². The fourth-order valence-electron chi connectivity index (χ4n) is 2.23. The molecular formula is C19H22BrFN2O4S. The monoisotopic (exact) mass is 472 g/mol. The quantitative estimate of drug-likeness (QED) is 0.610. The van der Waals surface area contributed by atoms with Crippen LogP contribution in [0.5, 0.6) is 5.75 Å². The third-order valence-corrected chi connectivity index (χ3v) is 5.62. The first-order chi connectivity index (χ1) is 13.1. The number of anilines is 1. The molecule has 2 aromatic carbocycles. The molecule has 0 saturated heterocycles. The minimum atomic E-state index is -3.61. The molecule has 2 aromatic rings. The normalized spacial score (nSPS) is 11.5. The first kappa shape index (κ1) is 22.3. The second kappa shape index (κ2) is 9.49. The van der Waals surface area contributed by atoms with Crippen LogP contribution in [0.25, 0.3) is 0 Å². The van der Waals surface area contributed by atoms with Crippen molar-refractivity contribution in [1.29, 1.82) is 0 Å². The number of nitrogens with one attached hydrogen (secondary N) is 2. The van der Waals surface area contributed by atoms with Crippen molar-refractivity contribution >= 4 is 37.5 Å². The van der Waals surface area contributed by atoms with Gasteiger partial charge < -0.3 is 10.1 Å². The summed E-state index contributed by atoms with van der Waals surface area (Å²) in [6, 6.07) is 8.67. The van der Waals surface area contributed by atoms with Crippen LogP contribution in [0.2, 0.25) is 0 Å². The van der Waals surface area contributed by atoms with Crippen molar-refractivity contribution in [3.63, 3.8) is 0 Å². The molecule has 0 unspecified atom stereocenters. The summed E-state index contributed by atoms with van der Waals surface area (Å²) in [5.74, 6) is -0.542. The predicted octanol–water partition coefficient (Wildman–Crippen LogP) is 3.85. The maximum atomic E-state index is 13.8. The van der Waals surface area contributed by atoms with E-state index in [1.54, 1.807) is 13.0 Å². The molecule has 0 radical (unpaired) electrons. The Morgan fingerprint density at radius 2 is 1.93 bits per heavy atom. The number of hydrogen-bond acceptors (Lipinski definition) is 4.